The first kappa shape index (κ1) is 15.5. The number of hydrogen-bond acceptors (Lipinski definition) is 1. The predicted molar refractivity (Wildman–Crippen MR) is 96.0 cm³/mol. The molecule has 1 nitrogen and oxygen atoms in total. The lowest BCUT2D eigenvalue weighted by molar-refractivity contribution is 0.0983. The molecule has 0 unspecified atom stereocenters. The molecule has 0 spiro atoms. The molecule has 2 heteroatoms. The SMILES string of the molecule is O=C(CCc1ccccc1)c1ccccc1-c1ccc(Cl)cc1. The molecule has 23 heavy (non-hydrogen) atoms. The minimum atomic E-state index is 0.166. The summed E-state index contributed by atoms with van der Waals surface area (Å²) in [5.41, 5.74) is 3.93. The van der Waals surface area contributed by atoms with E-state index in [0.717, 1.165) is 23.1 Å². The van der Waals surface area contributed by atoms with E-state index in [2.05, 4.69) is 12.1 Å². The lowest BCUT2D eigenvalue weighted by Gasteiger charge is -2.09. The Morgan fingerprint density at radius 3 is 2.17 bits per heavy atom. The van der Waals surface area contributed by atoms with E-state index in [-0.39, 0.29) is 5.78 Å². The summed E-state index contributed by atoms with van der Waals surface area (Å²) in [6.07, 6.45) is 1.27. The number of ketones is 1. The van der Waals surface area contributed by atoms with Crippen LogP contribution in [0.1, 0.15) is 22.3 Å². The molecule has 0 aliphatic heterocycles. The lowest BCUT2D eigenvalue weighted by Crippen LogP contribution is -2.03. The smallest absolute Gasteiger partial charge is 0.163 e. The fraction of sp³-hybridized carbons (Fsp3) is 0.0952. The second-order valence-electron chi connectivity index (χ2n) is 5.46. The van der Waals surface area contributed by atoms with E-state index < -0.39 is 0 Å². The van der Waals surface area contributed by atoms with Crippen molar-refractivity contribution >= 4 is 17.4 Å². The van der Waals surface area contributed by atoms with Crippen LogP contribution in [0.5, 0.6) is 0 Å². The number of hydrogen-bond donors (Lipinski definition) is 0. The van der Waals surface area contributed by atoms with Gasteiger partial charge >= 0.3 is 0 Å². The molecular formula is C21H17ClO. The third-order valence-electron chi connectivity index (χ3n) is 3.87. The standard InChI is InChI=1S/C21H17ClO/c22-18-13-11-17(12-14-18)19-8-4-5-9-20(19)21(23)15-10-16-6-2-1-3-7-16/h1-9,11-14H,10,15H2. The van der Waals surface area contributed by atoms with Crippen molar-refractivity contribution in [1.82, 2.24) is 0 Å². The molecule has 0 aromatic heterocycles. The fourth-order valence-corrected chi connectivity index (χ4v) is 2.77. The van der Waals surface area contributed by atoms with E-state index in [1.165, 1.54) is 5.56 Å². The van der Waals surface area contributed by atoms with Gasteiger partial charge in [0.15, 0.2) is 5.78 Å². The van der Waals surface area contributed by atoms with Crippen LogP contribution in [-0.4, -0.2) is 5.78 Å². The van der Waals surface area contributed by atoms with E-state index in [4.69, 9.17) is 11.6 Å². The fourth-order valence-electron chi connectivity index (χ4n) is 2.64. The van der Waals surface area contributed by atoms with Crippen molar-refractivity contribution in [2.45, 2.75) is 12.8 Å². The van der Waals surface area contributed by atoms with Crippen LogP contribution in [0.15, 0.2) is 78.9 Å². The quantitative estimate of drug-likeness (QED) is 0.541. The Labute approximate surface area is 141 Å². The largest absolute Gasteiger partial charge is 0.294 e. The first-order chi connectivity index (χ1) is 11.2. The Morgan fingerprint density at radius 1 is 0.783 bits per heavy atom. The van der Waals surface area contributed by atoms with Crippen LogP contribution >= 0.6 is 11.6 Å². The van der Waals surface area contributed by atoms with Crippen LogP contribution in [0.2, 0.25) is 5.02 Å². The third kappa shape index (κ3) is 3.88. The molecule has 0 fully saturated rings. The molecule has 3 aromatic rings. The Bertz CT molecular complexity index is 792. The van der Waals surface area contributed by atoms with Gasteiger partial charge in [0, 0.05) is 17.0 Å². The number of carbonyl (C=O) groups is 1. The maximum absolute atomic E-state index is 12.7. The van der Waals surface area contributed by atoms with Gasteiger partial charge in [-0.05, 0) is 35.2 Å². The summed E-state index contributed by atoms with van der Waals surface area (Å²) in [7, 11) is 0. The second kappa shape index (κ2) is 7.26. The van der Waals surface area contributed by atoms with Gasteiger partial charge in [0.1, 0.15) is 0 Å². The van der Waals surface area contributed by atoms with Crippen molar-refractivity contribution in [3.05, 3.63) is 95.0 Å². The van der Waals surface area contributed by atoms with E-state index in [1.807, 2.05) is 66.7 Å². The molecule has 0 saturated heterocycles. The highest BCUT2D eigenvalue weighted by atomic mass is 35.5. The molecule has 3 rings (SSSR count). The molecule has 0 atom stereocenters. The molecule has 0 radical (unpaired) electrons. The number of benzene rings is 3. The van der Waals surface area contributed by atoms with Gasteiger partial charge in [0.25, 0.3) is 0 Å². The van der Waals surface area contributed by atoms with Crippen molar-refractivity contribution < 1.29 is 4.79 Å². The highest BCUT2D eigenvalue weighted by Gasteiger charge is 2.12. The molecule has 0 saturated carbocycles. The first-order valence-electron chi connectivity index (χ1n) is 7.66. The van der Waals surface area contributed by atoms with Crippen molar-refractivity contribution in [2.75, 3.05) is 0 Å². The zero-order chi connectivity index (χ0) is 16.1. The lowest BCUT2D eigenvalue weighted by atomic mass is 9.94. The number of halogens is 1. The van der Waals surface area contributed by atoms with Gasteiger partial charge in [-0.15, -0.1) is 0 Å². The summed E-state index contributed by atoms with van der Waals surface area (Å²) in [6, 6.07) is 25.5. The Balaban J connectivity index is 1.82. The van der Waals surface area contributed by atoms with E-state index in [9.17, 15) is 4.79 Å². The molecule has 114 valence electrons. The van der Waals surface area contributed by atoms with Crippen molar-refractivity contribution in [1.29, 1.82) is 0 Å². The van der Waals surface area contributed by atoms with Crippen molar-refractivity contribution in [3.8, 4) is 11.1 Å². The Kier molecular flexibility index (Phi) is 4.89. The van der Waals surface area contributed by atoms with E-state index >= 15 is 0 Å². The van der Waals surface area contributed by atoms with Crippen molar-refractivity contribution in [3.63, 3.8) is 0 Å². The highest BCUT2D eigenvalue weighted by molar-refractivity contribution is 6.30. The average Bonchev–Trinajstić information content (AvgIpc) is 2.61. The number of Topliss-reactive ketones (excluding diaryl/α,β-unsaturated/α-hetero) is 1. The van der Waals surface area contributed by atoms with Gasteiger partial charge in [-0.3, -0.25) is 4.79 Å². The Morgan fingerprint density at radius 2 is 1.43 bits per heavy atom. The predicted octanol–water partition coefficient (Wildman–Crippen LogP) is 5.82. The van der Waals surface area contributed by atoms with Crippen LogP contribution in [0, 0.1) is 0 Å². The summed E-state index contributed by atoms with van der Waals surface area (Å²) < 4.78 is 0. The third-order valence-corrected chi connectivity index (χ3v) is 4.12. The van der Waals surface area contributed by atoms with Gasteiger partial charge in [0.05, 0.1) is 0 Å². The van der Waals surface area contributed by atoms with Crippen LogP contribution < -0.4 is 0 Å². The zero-order valence-corrected chi connectivity index (χ0v) is 13.5. The maximum Gasteiger partial charge on any atom is 0.163 e. The van der Waals surface area contributed by atoms with Gasteiger partial charge in [0.2, 0.25) is 0 Å². The molecule has 0 N–H and O–H groups in total. The molecule has 0 heterocycles. The number of carbonyl (C=O) groups excluding carboxylic acids is 1. The zero-order valence-electron chi connectivity index (χ0n) is 12.7. The number of rotatable bonds is 5. The highest BCUT2D eigenvalue weighted by Crippen LogP contribution is 2.26. The summed E-state index contributed by atoms with van der Waals surface area (Å²) in [6.45, 7) is 0. The summed E-state index contributed by atoms with van der Waals surface area (Å²) >= 11 is 5.95. The topological polar surface area (TPSA) is 17.1 Å². The Hall–Kier alpha value is -2.38. The minimum Gasteiger partial charge on any atom is -0.294 e. The van der Waals surface area contributed by atoms with Crippen LogP contribution in [0.4, 0.5) is 0 Å². The van der Waals surface area contributed by atoms with Gasteiger partial charge in [-0.2, -0.15) is 0 Å². The molecular weight excluding hydrogens is 304 g/mol. The van der Waals surface area contributed by atoms with E-state index in [1.54, 1.807) is 0 Å². The molecule has 0 amide bonds. The van der Waals surface area contributed by atoms with Crippen LogP contribution in [-0.2, 0) is 6.42 Å². The summed E-state index contributed by atoms with van der Waals surface area (Å²) in [5, 5.41) is 0.696. The maximum atomic E-state index is 12.7. The second-order valence-corrected chi connectivity index (χ2v) is 5.90. The van der Waals surface area contributed by atoms with Gasteiger partial charge < -0.3 is 0 Å². The summed E-state index contributed by atoms with van der Waals surface area (Å²) in [5.74, 6) is 0.166. The molecule has 3 aromatic carbocycles. The molecule has 0 aliphatic carbocycles. The minimum absolute atomic E-state index is 0.166. The summed E-state index contributed by atoms with van der Waals surface area (Å²) in [4.78, 5) is 12.7. The van der Waals surface area contributed by atoms with Gasteiger partial charge in [-0.25, -0.2) is 0 Å². The molecule has 0 aliphatic rings. The van der Waals surface area contributed by atoms with Crippen molar-refractivity contribution in [2.24, 2.45) is 0 Å². The first-order valence-corrected chi connectivity index (χ1v) is 8.04. The van der Waals surface area contributed by atoms with Crippen LogP contribution in [0.25, 0.3) is 11.1 Å². The molecule has 0 bridgehead atoms. The van der Waals surface area contributed by atoms with Gasteiger partial charge in [-0.1, -0.05) is 78.3 Å². The van der Waals surface area contributed by atoms with E-state index in [0.29, 0.717) is 11.4 Å². The van der Waals surface area contributed by atoms with Crippen LogP contribution in [0.3, 0.4) is 0 Å². The average molecular weight is 321 g/mol. The monoisotopic (exact) mass is 320 g/mol. The number of aryl methyl sites for hydroxylation is 1. The normalized spacial score (nSPS) is 10.5.